The smallest absolute Gasteiger partial charge is 0.253 e. The maximum absolute atomic E-state index is 12.9. The maximum atomic E-state index is 12.9. The summed E-state index contributed by atoms with van der Waals surface area (Å²) in [6, 6.07) is 2.47. The molecule has 0 aliphatic carbocycles. The van der Waals surface area contributed by atoms with Crippen molar-refractivity contribution in [3.63, 3.8) is 0 Å². The highest BCUT2D eigenvalue weighted by molar-refractivity contribution is 6.12. The van der Waals surface area contributed by atoms with Gasteiger partial charge < -0.3 is 51.5 Å². The number of aromatic nitrogens is 4. The molecule has 16 heteroatoms. The van der Waals surface area contributed by atoms with Crippen LogP contribution in [0.5, 0.6) is 34.5 Å². The number of amides is 2. The molecule has 16 nitrogen and oxygen atoms in total. The van der Waals surface area contributed by atoms with Crippen molar-refractivity contribution in [2.75, 3.05) is 14.1 Å². The van der Waals surface area contributed by atoms with Crippen LogP contribution < -0.4 is 10.6 Å². The summed E-state index contributed by atoms with van der Waals surface area (Å²) in [5.74, 6) is -5.39. The number of phenolic OH excluding ortho intramolecular Hbond substituents is 4. The monoisotopic (exact) mass is 656 g/mol. The van der Waals surface area contributed by atoms with Gasteiger partial charge in [0.15, 0.2) is 11.5 Å². The molecule has 0 fully saturated rings. The number of nitrogens with one attached hydrogen (secondary N) is 2. The summed E-state index contributed by atoms with van der Waals surface area (Å²) >= 11 is 0. The van der Waals surface area contributed by atoms with Crippen molar-refractivity contribution >= 4 is 55.9 Å². The number of benzene rings is 4. The van der Waals surface area contributed by atoms with Gasteiger partial charge in [-0.3, -0.25) is 9.59 Å². The average Bonchev–Trinajstić information content (AvgIpc) is 3.08. The molecule has 0 saturated heterocycles. The predicted molar refractivity (Wildman–Crippen MR) is 171 cm³/mol. The molecule has 2 amide bonds. The van der Waals surface area contributed by atoms with Crippen LogP contribution >= 0.6 is 0 Å². The van der Waals surface area contributed by atoms with Crippen LogP contribution in [0.3, 0.4) is 0 Å². The van der Waals surface area contributed by atoms with Crippen LogP contribution in [0.2, 0.25) is 0 Å². The molecular weight excluding hydrogens is 628 g/mol. The van der Waals surface area contributed by atoms with Crippen LogP contribution in [-0.4, -0.2) is 86.7 Å². The van der Waals surface area contributed by atoms with E-state index in [1.54, 1.807) is 13.8 Å². The van der Waals surface area contributed by atoms with Crippen molar-refractivity contribution < 1.29 is 50.4 Å². The Bertz CT molecular complexity index is 2430. The fraction of sp³-hybridized carbons (Fsp3) is 0.188. The topological polar surface area (TPSA) is 272 Å². The second kappa shape index (κ2) is 11.2. The summed E-state index contributed by atoms with van der Waals surface area (Å²) in [5, 5.41) is 93.3. The highest BCUT2D eigenvalue weighted by Gasteiger charge is 2.32. The highest BCUT2D eigenvalue weighted by atomic mass is 16.3. The summed E-state index contributed by atoms with van der Waals surface area (Å²) in [6.45, 7) is 1.31. The van der Waals surface area contributed by atoms with Gasteiger partial charge in [-0.1, -0.05) is 0 Å². The van der Waals surface area contributed by atoms with Gasteiger partial charge in [-0.25, -0.2) is 19.9 Å². The molecule has 10 N–H and O–H groups in total. The van der Waals surface area contributed by atoms with E-state index in [4.69, 9.17) is 0 Å². The lowest BCUT2D eigenvalue weighted by molar-refractivity contribution is 0.0956. The predicted octanol–water partition coefficient (Wildman–Crippen LogP) is 2.10. The molecule has 0 bridgehead atoms. The molecule has 0 atom stereocenters. The number of carbonyl (C=O) groups excluding carboxylic acids is 2. The number of aliphatic hydroxyl groups is 2. The molecule has 48 heavy (non-hydrogen) atoms. The first kappa shape index (κ1) is 31.7. The van der Waals surface area contributed by atoms with Crippen molar-refractivity contribution in [1.29, 1.82) is 0 Å². The van der Waals surface area contributed by atoms with Crippen LogP contribution in [-0.2, 0) is 13.2 Å². The number of fused-ring (bicyclic) bond motifs is 4. The van der Waals surface area contributed by atoms with E-state index in [0.29, 0.717) is 11.1 Å². The molecule has 0 aliphatic heterocycles. The minimum Gasteiger partial charge on any atom is -0.507 e. The molecule has 6 rings (SSSR count). The number of hydrogen-bond acceptors (Lipinski definition) is 14. The van der Waals surface area contributed by atoms with E-state index in [0.717, 1.165) is 0 Å². The Balaban J connectivity index is 1.80. The van der Waals surface area contributed by atoms with Crippen molar-refractivity contribution in [3.05, 3.63) is 45.5 Å². The van der Waals surface area contributed by atoms with Crippen LogP contribution in [0.25, 0.3) is 55.3 Å². The number of hydrogen-bond donors (Lipinski definition) is 10. The summed E-state index contributed by atoms with van der Waals surface area (Å²) < 4.78 is 0. The quantitative estimate of drug-likeness (QED) is 0.119. The Hall–Kier alpha value is -6.26. The second-order valence-electron chi connectivity index (χ2n) is 10.9. The molecule has 2 heterocycles. The number of nitrogens with zero attached hydrogens (tertiary/aromatic N) is 4. The third-order valence-electron chi connectivity index (χ3n) is 8.48. The van der Waals surface area contributed by atoms with Crippen LogP contribution in [0, 0.1) is 13.8 Å². The first-order chi connectivity index (χ1) is 22.8. The van der Waals surface area contributed by atoms with Crippen LogP contribution in [0.4, 0.5) is 0 Å². The fourth-order valence-corrected chi connectivity index (χ4v) is 5.85. The van der Waals surface area contributed by atoms with Crippen molar-refractivity contribution in [3.8, 4) is 45.6 Å². The molecule has 6 aromatic rings. The number of aromatic hydroxyl groups is 6. The summed E-state index contributed by atoms with van der Waals surface area (Å²) in [4.78, 5) is 43.0. The van der Waals surface area contributed by atoms with Gasteiger partial charge in [-0.2, -0.15) is 0 Å². The third kappa shape index (κ3) is 4.23. The molecule has 0 saturated carbocycles. The zero-order valence-corrected chi connectivity index (χ0v) is 25.8. The van der Waals surface area contributed by atoms with Gasteiger partial charge in [0.1, 0.15) is 67.1 Å². The fourth-order valence-electron chi connectivity index (χ4n) is 5.85. The van der Waals surface area contributed by atoms with Gasteiger partial charge in [0.05, 0.1) is 35.5 Å². The number of carbonyl (C=O) groups is 2. The number of rotatable bonds is 5. The average molecular weight is 657 g/mol. The van der Waals surface area contributed by atoms with Crippen molar-refractivity contribution in [2.45, 2.75) is 27.1 Å². The van der Waals surface area contributed by atoms with E-state index in [2.05, 4.69) is 30.6 Å². The summed E-state index contributed by atoms with van der Waals surface area (Å²) in [5.41, 5.74) is -3.36. The number of phenols is 6. The van der Waals surface area contributed by atoms with Gasteiger partial charge in [0, 0.05) is 25.2 Å². The van der Waals surface area contributed by atoms with E-state index < -0.39 is 75.9 Å². The Labute approximate surface area is 269 Å². The summed E-state index contributed by atoms with van der Waals surface area (Å²) in [7, 11) is 2.75. The largest absolute Gasteiger partial charge is 0.507 e. The number of aliphatic hydroxyl groups excluding tert-OH is 2. The van der Waals surface area contributed by atoms with E-state index in [-0.39, 0.29) is 61.1 Å². The Morgan fingerprint density at radius 3 is 1.52 bits per heavy atom. The molecule has 4 aromatic carbocycles. The van der Waals surface area contributed by atoms with Crippen molar-refractivity contribution in [1.82, 2.24) is 30.6 Å². The van der Waals surface area contributed by atoms with Gasteiger partial charge in [-0.15, -0.1) is 0 Å². The first-order valence-electron chi connectivity index (χ1n) is 14.3. The highest BCUT2D eigenvalue weighted by Crippen LogP contribution is 2.54. The molecule has 0 aliphatic rings. The lowest BCUT2D eigenvalue weighted by Gasteiger charge is -2.20. The zero-order valence-electron chi connectivity index (χ0n) is 25.8. The zero-order chi connectivity index (χ0) is 34.9. The lowest BCUT2D eigenvalue weighted by Crippen LogP contribution is -2.20. The van der Waals surface area contributed by atoms with E-state index in [1.165, 1.54) is 26.2 Å². The molecule has 246 valence electrons. The van der Waals surface area contributed by atoms with E-state index in [9.17, 15) is 50.4 Å². The molecular formula is C32H28N6O10. The normalized spacial score (nSPS) is 11.5. The van der Waals surface area contributed by atoms with Crippen LogP contribution in [0.15, 0.2) is 12.1 Å². The molecule has 2 aromatic heterocycles. The SMILES string of the molecule is CNC(=O)c1ccc(O)c2nc3c(CO)c(O)c(-c4c(O)c(CO)c5nc6c(O)c(C)c(C)c(C(=O)NC)c6nc5c4O)c(O)c3nc12. The second-order valence-corrected chi connectivity index (χ2v) is 10.9. The van der Waals surface area contributed by atoms with Crippen LogP contribution in [0.1, 0.15) is 43.0 Å². The van der Waals surface area contributed by atoms with Gasteiger partial charge in [0.2, 0.25) is 0 Å². The molecule has 0 spiro atoms. The Morgan fingerprint density at radius 1 is 0.562 bits per heavy atom. The Kier molecular flexibility index (Phi) is 7.41. The lowest BCUT2D eigenvalue weighted by atomic mass is 9.93. The van der Waals surface area contributed by atoms with Gasteiger partial charge in [-0.05, 0) is 37.1 Å². The Morgan fingerprint density at radius 2 is 1.02 bits per heavy atom. The first-order valence-corrected chi connectivity index (χ1v) is 14.3. The standard InChI is InChI=1S/C32H28N6O10/c1-9-10(2)26(42)25-22(15(9)32(48)34-4)38-24-20(37-25)13(8-40)28(44)17(30(24)46)16-27(43)12(7-39)19-23(29(16)45)36-18-11(31(47)33-3)5-6-14(41)21(18)35-19/h5-6,39-46H,7-8H2,1-4H3,(H,33,47)(H,34,48). The van der Waals surface area contributed by atoms with E-state index in [1.807, 2.05) is 0 Å². The summed E-state index contributed by atoms with van der Waals surface area (Å²) in [6.07, 6.45) is 0. The van der Waals surface area contributed by atoms with Gasteiger partial charge >= 0.3 is 0 Å². The van der Waals surface area contributed by atoms with E-state index >= 15 is 0 Å². The van der Waals surface area contributed by atoms with Gasteiger partial charge in [0.25, 0.3) is 11.8 Å². The minimum atomic E-state index is -0.912. The maximum Gasteiger partial charge on any atom is 0.253 e. The molecule has 0 unspecified atom stereocenters. The van der Waals surface area contributed by atoms with Crippen molar-refractivity contribution in [2.24, 2.45) is 0 Å². The third-order valence-corrected chi connectivity index (χ3v) is 8.48. The minimum absolute atomic E-state index is 0.0214. The molecule has 0 radical (unpaired) electrons.